The van der Waals surface area contributed by atoms with Gasteiger partial charge in [-0.3, -0.25) is 9.89 Å². The van der Waals surface area contributed by atoms with Gasteiger partial charge in [0.05, 0.1) is 35.8 Å². The van der Waals surface area contributed by atoms with E-state index in [1.54, 1.807) is 20.3 Å². The monoisotopic (exact) mass is 591 g/mol. The van der Waals surface area contributed by atoms with Crippen LogP contribution in [0.5, 0.6) is 5.88 Å². The third kappa shape index (κ3) is 5.65. The van der Waals surface area contributed by atoms with E-state index in [1.165, 1.54) is 9.21 Å². The number of sulfonamides is 1. The first-order valence-electron chi connectivity index (χ1n) is 13.5. The summed E-state index contributed by atoms with van der Waals surface area (Å²) in [6.45, 7) is 6.54. The fourth-order valence-electron chi connectivity index (χ4n) is 5.24. The maximum Gasteiger partial charge on any atom is 0.236 e. The maximum absolute atomic E-state index is 12.6. The fourth-order valence-corrected chi connectivity index (χ4v) is 6.33. The number of piperazine rings is 1. The van der Waals surface area contributed by atoms with Crippen LogP contribution in [0, 0.1) is 18.3 Å². The standard InChI is InChI=1S/C28H33N9O4S/c1-5-42(39,40)37-15-14-36(17-19(37)10-12-29)26-20-7-9-23(25-18(2)6-8-22-21(25)16-31-34-22)41-27(20)33-28(32-26)30-13-11-24(38)35(3)4/h5-6,8-9,16,19H,1,7,10-11,13-15,17H2,2-4H3,(H,31,34)(H,30,32,33). The van der Waals surface area contributed by atoms with Gasteiger partial charge in [-0.1, -0.05) is 12.6 Å². The minimum atomic E-state index is -3.71. The Labute approximate surface area is 244 Å². The number of aromatic nitrogens is 4. The number of rotatable bonds is 9. The number of allylic oxidation sites excluding steroid dienone is 1. The number of carbonyl (C=O) groups excluding carboxylic acids is 1. The molecule has 14 heteroatoms. The molecule has 13 nitrogen and oxygen atoms in total. The van der Waals surface area contributed by atoms with Crippen molar-refractivity contribution in [3.63, 3.8) is 0 Å². The molecule has 1 saturated heterocycles. The fraction of sp³-hybridized carbons (Fsp3) is 0.393. The molecule has 1 unspecified atom stereocenters. The molecule has 2 aliphatic heterocycles. The van der Waals surface area contributed by atoms with Crippen LogP contribution in [-0.2, 0) is 21.2 Å². The number of fused-ring (bicyclic) bond motifs is 2. The highest BCUT2D eigenvalue weighted by Crippen LogP contribution is 2.38. The number of aryl methyl sites for hydroxylation is 1. The van der Waals surface area contributed by atoms with Gasteiger partial charge in [-0.2, -0.15) is 24.6 Å². The highest BCUT2D eigenvalue weighted by Gasteiger charge is 2.36. The second kappa shape index (κ2) is 11.8. The van der Waals surface area contributed by atoms with E-state index < -0.39 is 16.1 Å². The molecule has 42 heavy (non-hydrogen) atoms. The number of anilines is 2. The molecule has 0 spiro atoms. The van der Waals surface area contributed by atoms with E-state index in [-0.39, 0.29) is 37.8 Å². The first kappa shape index (κ1) is 29.0. The summed E-state index contributed by atoms with van der Waals surface area (Å²) >= 11 is 0. The lowest BCUT2D eigenvalue weighted by molar-refractivity contribution is -0.128. The molecule has 1 atom stereocenters. The van der Waals surface area contributed by atoms with Crippen molar-refractivity contribution in [3.05, 3.63) is 53.1 Å². The lowest BCUT2D eigenvalue weighted by atomic mass is 9.99. The van der Waals surface area contributed by atoms with Crippen LogP contribution in [0.2, 0.25) is 0 Å². The van der Waals surface area contributed by atoms with E-state index >= 15 is 0 Å². The van der Waals surface area contributed by atoms with Gasteiger partial charge in [-0.15, -0.1) is 0 Å². The van der Waals surface area contributed by atoms with E-state index in [0.717, 1.165) is 33.0 Å². The Morgan fingerprint density at radius 1 is 1.33 bits per heavy atom. The van der Waals surface area contributed by atoms with Crippen molar-refractivity contribution in [1.29, 1.82) is 5.26 Å². The Morgan fingerprint density at radius 2 is 2.14 bits per heavy atom. The van der Waals surface area contributed by atoms with Crippen molar-refractivity contribution in [2.75, 3.05) is 50.5 Å². The van der Waals surface area contributed by atoms with E-state index in [1.807, 2.05) is 30.0 Å². The maximum atomic E-state index is 12.6. The summed E-state index contributed by atoms with van der Waals surface area (Å²) in [6.07, 6.45) is 4.49. The summed E-state index contributed by atoms with van der Waals surface area (Å²) in [6, 6.07) is 5.50. The number of amides is 1. The molecule has 2 N–H and O–H groups in total. The van der Waals surface area contributed by atoms with Gasteiger partial charge in [0.25, 0.3) is 0 Å². The summed E-state index contributed by atoms with van der Waals surface area (Å²) in [5, 5.41) is 21.6. The van der Waals surface area contributed by atoms with E-state index in [2.05, 4.69) is 33.1 Å². The molecule has 0 radical (unpaired) electrons. The number of H-pyrrole nitrogens is 1. The third-order valence-corrected chi connectivity index (χ3v) is 8.99. The number of benzene rings is 1. The Kier molecular flexibility index (Phi) is 8.15. The van der Waals surface area contributed by atoms with E-state index in [4.69, 9.17) is 9.72 Å². The molecule has 1 amide bonds. The predicted octanol–water partition coefficient (Wildman–Crippen LogP) is 2.41. The molecule has 0 aliphatic carbocycles. The summed E-state index contributed by atoms with van der Waals surface area (Å²) in [7, 11) is -0.313. The molecule has 2 aliphatic rings. The second-order valence-electron chi connectivity index (χ2n) is 10.4. The Morgan fingerprint density at radius 3 is 2.88 bits per heavy atom. The number of ether oxygens (including phenoxy) is 1. The Bertz CT molecular complexity index is 1710. The zero-order chi connectivity index (χ0) is 30.0. The van der Waals surface area contributed by atoms with Crippen molar-refractivity contribution in [2.24, 2.45) is 0 Å². The molecule has 0 saturated carbocycles. The van der Waals surface area contributed by atoms with Gasteiger partial charge in [-0.05, 0) is 24.6 Å². The third-order valence-electron chi connectivity index (χ3n) is 7.44. The van der Waals surface area contributed by atoms with Crippen LogP contribution in [0.4, 0.5) is 11.8 Å². The zero-order valence-corrected chi connectivity index (χ0v) is 24.6. The lowest BCUT2D eigenvalue weighted by Gasteiger charge is -2.40. The normalized spacial score (nSPS) is 17.1. The molecule has 3 aromatic rings. The second-order valence-corrected chi connectivity index (χ2v) is 12.2. The van der Waals surface area contributed by atoms with Crippen LogP contribution >= 0.6 is 0 Å². The molecule has 2 aromatic heterocycles. The zero-order valence-electron chi connectivity index (χ0n) is 23.8. The number of carbonyl (C=O) groups is 1. The average molecular weight is 592 g/mol. The van der Waals surface area contributed by atoms with Crippen molar-refractivity contribution >= 4 is 44.4 Å². The number of hydrogen-bond donors (Lipinski definition) is 2. The summed E-state index contributed by atoms with van der Waals surface area (Å²) in [4.78, 5) is 25.1. The highest BCUT2D eigenvalue weighted by molar-refractivity contribution is 7.92. The molecular formula is C28H33N9O4S. The van der Waals surface area contributed by atoms with Gasteiger partial charge < -0.3 is 19.9 Å². The molecule has 1 fully saturated rings. The Balaban J connectivity index is 1.50. The van der Waals surface area contributed by atoms with Crippen molar-refractivity contribution in [3.8, 4) is 11.9 Å². The van der Waals surface area contributed by atoms with Crippen LogP contribution in [0.1, 0.15) is 29.5 Å². The Hall–Kier alpha value is -4.48. The van der Waals surface area contributed by atoms with Crippen molar-refractivity contribution in [2.45, 2.75) is 32.2 Å². The van der Waals surface area contributed by atoms with Crippen molar-refractivity contribution < 1.29 is 17.9 Å². The predicted molar refractivity (Wildman–Crippen MR) is 159 cm³/mol. The molecule has 4 heterocycles. The van der Waals surface area contributed by atoms with Gasteiger partial charge >= 0.3 is 0 Å². The van der Waals surface area contributed by atoms with Gasteiger partial charge in [0.2, 0.25) is 27.8 Å². The number of nitrogens with zero attached hydrogens (tertiary/aromatic N) is 7. The van der Waals surface area contributed by atoms with Gasteiger partial charge in [0.1, 0.15) is 11.6 Å². The molecule has 220 valence electrons. The minimum absolute atomic E-state index is 0.0170. The summed E-state index contributed by atoms with van der Waals surface area (Å²) < 4.78 is 33.0. The first-order chi connectivity index (χ1) is 20.1. The number of aromatic amines is 1. The number of hydrogen-bond acceptors (Lipinski definition) is 10. The van der Waals surface area contributed by atoms with Gasteiger partial charge in [-0.25, -0.2) is 8.42 Å². The quantitative estimate of drug-likeness (QED) is 0.378. The van der Waals surface area contributed by atoms with Gasteiger partial charge in [0, 0.05) is 69.5 Å². The smallest absolute Gasteiger partial charge is 0.236 e. The number of nitriles is 1. The highest BCUT2D eigenvalue weighted by atomic mass is 32.2. The summed E-state index contributed by atoms with van der Waals surface area (Å²) in [5.74, 6) is 1.86. The average Bonchev–Trinajstić information content (AvgIpc) is 3.45. The first-order valence-corrected chi connectivity index (χ1v) is 15.1. The molecule has 1 aromatic carbocycles. The van der Waals surface area contributed by atoms with Crippen molar-refractivity contribution in [1.82, 2.24) is 29.4 Å². The topological polar surface area (TPSA) is 160 Å². The van der Waals surface area contributed by atoms with E-state index in [0.29, 0.717) is 37.0 Å². The largest absolute Gasteiger partial charge is 0.438 e. The molecule has 5 rings (SSSR count). The van der Waals surface area contributed by atoms with Crippen LogP contribution in [-0.4, -0.2) is 90.0 Å². The molecular weight excluding hydrogens is 558 g/mol. The van der Waals surface area contributed by atoms with Crippen LogP contribution in [0.3, 0.4) is 0 Å². The van der Waals surface area contributed by atoms with Gasteiger partial charge in [0.15, 0.2) is 0 Å². The van der Waals surface area contributed by atoms with Crippen LogP contribution in [0.15, 0.2) is 36.4 Å². The van der Waals surface area contributed by atoms with E-state index in [9.17, 15) is 18.5 Å². The minimum Gasteiger partial charge on any atom is -0.438 e. The van der Waals surface area contributed by atoms with Crippen LogP contribution < -0.4 is 15.0 Å². The molecule has 0 bridgehead atoms. The summed E-state index contributed by atoms with van der Waals surface area (Å²) in [5.41, 5.74) is 3.57. The van der Waals surface area contributed by atoms with Crippen LogP contribution in [0.25, 0.3) is 16.7 Å². The SMILES string of the molecule is C=CS(=O)(=O)N1CCN(c2nc(NCCC(=O)N(C)C)nc3c2CC=C(c2c(C)ccc4[nH]ncc24)O3)CC1CC#N. The number of nitrogens with one attached hydrogen (secondary N) is 2. The lowest BCUT2D eigenvalue weighted by Crippen LogP contribution is -2.55.